The lowest BCUT2D eigenvalue weighted by atomic mass is 10.1. The molecule has 0 spiro atoms. The third kappa shape index (κ3) is 3.73. The molecule has 0 unspecified atom stereocenters. The number of anilines is 1. The lowest BCUT2D eigenvalue weighted by Crippen LogP contribution is -2.24. The number of H-pyrrole nitrogens is 1. The molecule has 0 aromatic carbocycles. The minimum absolute atomic E-state index is 0.161. The molecule has 28 heavy (non-hydrogen) atoms. The number of carbonyl (C=O) groups is 2. The molecule has 0 aliphatic heterocycles. The Morgan fingerprint density at radius 2 is 1.89 bits per heavy atom. The number of nitrogens with zero attached hydrogens (tertiary/aromatic N) is 2. The van der Waals surface area contributed by atoms with Crippen LogP contribution >= 0.6 is 0 Å². The van der Waals surface area contributed by atoms with Crippen LogP contribution in [-0.2, 0) is 4.79 Å². The number of rotatable bonds is 5. The molecule has 9 heteroatoms. The smallest absolute Gasteiger partial charge is 0.273 e. The molecule has 2 amide bonds. The van der Waals surface area contributed by atoms with Crippen LogP contribution in [-0.4, -0.2) is 32.5 Å². The van der Waals surface area contributed by atoms with Crippen molar-refractivity contribution in [3.8, 4) is 11.3 Å². The summed E-state index contributed by atoms with van der Waals surface area (Å²) in [5.74, 6) is -1.18. The number of pyridine rings is 2. The quantitative estimate of drug-likeness (QED) is 0.428. The molecular formula is C19H19N7O2. The Labute approximate surface area is 160 Å². The Balaban J connectivity index is 1.88. The minimum Gasteiger partial charge on any atom is -0.402 e. The van der Waals surface area contributed by atoms with E-state index in [1.165, 1.54) is 12.4 Å². The summed E-state index contributed by atoms with van der Waals surface area (Å²) in [5, 5.41) is 11.3. The fourth-order valence-electron chi connectivity index (χ4n) is 2.53. The number of nitrogens with one attached hydrogen (secondary N) is 3. The summed E-state index contributed by atoms with van der Waals surface area (Å²) in [6, 6.07) is 6.89. The van der Waals surface area contributed by atoms with Gasteiger partial charge in [0, 0.05) is 28.5 Å². The second kappa shape index (κ2) is 7.31. The molecular weight excluding hydrogens is 358 g/mol. The van der Waals surface area contributed by atoms with Gasteiger partial charge in [0.05, 0.1) is 11.9 Å². The van der Waals surface area contributed by atoms with E-state index in [4.69, 9.17) is 16.9 Å². The van der Waals surface area contributed by atoms with Gasteiger partial charge in [-0.15, -0.1) is 0 Å². The minimum atomic E-state index is -0.611. The Hall–Kier alpha value is -4.01. The number of allylic oxidation sites excluding steroid dienone is 1. The van der Waals surface area contributed by atoms with Crippen LogP contribution in [0.5, 0.6) is 0 Å². The highest BCUT2D eigenvalue weighted by Gasteiger charge is 2.14. The maximum Gasteiger partial charge on any atom is 0.273 e. The molecule has 0 saturated carbocycles. The number of aromatic nitrogens is 3. The van der Waals surface area contributed by atoms with Crippen molar-refractivity contribution in [2.75, 3.05) is 5.32 Å². The van der Waals surface area contributed by atoms with E-state index >= 15 is 0 Å². The van der Waals surface area contributed by atoms with Crippen molar-refractivity contribution in [2.24, 2.45) is 11.5 Å². The van der Waals surface area contributed by atoms with Crippen molar-refractivity contribution in [1.82, 2.24) is 15.0 Å². The van der Waals surface area contributed by atoms with Gasteiger partial charge in [0.25, 0.3) is 11.8 Å². The Morgan fingerprint density at radius 3 is 2.57 bits per heavy atom. The molecule has 0 radical (unpaired) electrons. The van der Waals surface area contributed by atoms with Crippen LogP contribution in [0.1, 0.15) is 24.3 Å². The van der Waals surface area contributed by atoms with Crippen LogP contribution in [0.4, 0.5) is 5.69 Å². The molecule has 3 heterocycles. The van der Waals surface area contributed by atoms with Gasteiger partial charge in [-0.05, 0) is 43.7 Å². The van der Waals surface area contributed by atoms with Gasteiger partial charge in [-0.25, -0.2) is 4.98 Å². The summed E-state index contributed by atoms with van der Waals surface area (Å²) in [6.45, 7) is 3.25. The van der Waals surface area contributed by atoms with E-state index in [2.05, 4.69) is 20.3 Å². The Kier molecular flexibility index (Phi) is 4.90. The number of carbonyl (C=O) groups excluding carboxylic acids is 2. The number of amides is 2. The molecule has 0 fully saturated rings. The van der Waals surface area contributed by atoms with Crippen molar-refractivity contribution < 1.29 is 9.59 Å². The highest BCUT2D eigenvalue weighted by atomic mass is 16.2. The van der Waals surface area contributed by atoms with Crippen molar-refractivity contribution in [1.29, 1.82) is 5.41 Å². The number of fused-ring (bicyclic) bond motifs is 1. The van der Waals surface area contributed by atoms with Gasteiger partial charge in [0.1, 0.15) is 17.1 Å². The van der Waals surface area contributed by atoms with Crippen LogP contribution < -0.4 is 16.8 Å². The van der Waals surface area contributed by atoms with E-state index in [1.54, 1.807) is 32.0 Å². The molecule has 0 aliphatic rings. The van der Waals surface area contributed by atoms with E-state index in [1.807, 2.05) is 6.07 Å². The second-order valence-electron chi connectivity index (χ2n) is 6.28. The Bertz CT molecular complexity index is 1140. The predicted molar refractivity (Wildman–Crippen MR) is 107 cm³/mol. The topological polar surface area (TPSA) is 164 Å². The lowest BCUT2D eigenvalue weighted by molar-refractivity contribution is -0.110. The zero-order valence-electron chi connectivity index (χ0n) is 15.3. The fourth-order valence-corrected chi connectivity index (χ4v) is 2.53. The van der Waals surface area contributed by atoms with E-state index in [0.29, 0.717) is 22.6 Å². The highest BCUT2D eigenvalue weighted by Crippen LogP contribution is 2.25. The first kappa shape index (κ1) is 18.8. The summed E-state index contributed by atoms with van der Waals surface area (Å²) >= 11 is 0. The number of hydrogen-bond acceptors (Lipinski definition) is 6. The molecule has 3 aromatic heterocycles. The third-order valence-electron chi connectivity index (χ3n) is 4.24. The zero-order chi connectivity index (χ0) is 20.4. The number of nitrogens with two attached hydrogens (primary N) is 2. The molecule has 9 nitrogen and oxygen atoms in total. The molecule has 7 N–H and O–H groups in total. The summed E-state index contributed by atoms with van der Waals surface area (Å²) in [7, 11) is 0. The number of primary amides is 1. The normalized spacial score (nSPS) is 11.8. The lowest BCUT2D eigenvalue weighted by Gasteiger charge is -2.07. The van der Waals surface area contributed by atoms with Crippen LogP contribution in [0.3, 0.4) is 0 Å². The largest absolute Gasteiger partial charge is 0.402 e. The van der Waals surface area contributed by atoms with E-state index < -0.39 is 11.8 Å². The van der Waals surface area contributed by atoms with Crippen molar-refractivity contribution in [2.45, 2.75) is 13.8 Å². The number of hydrogen-bond donors (Lipinski definition) is 5. The first-order valence-electron chi connectivity index (χ1n) is 8.34. The van der Waals surface area contributed by atoms with Crippen molar-refractivity contribution >= 4 is 34.2 Å². The summed E-state index contributed by atoms with van der Waals surface area (Å²) in [6.07, 6.45) is 2.99. The standard InChI is InChI=1S/C19H19N7O2/c1-9(10(2)20)16(21)19(28)25-13-5-12-7-14(26-18(12)24-8-13)11-3-4-23-15(6-11)17(22)27/h3-8,21H,20H2,1-2H3,(H2,22,27)(H,24,26)(H,25,28)/b10-9-,21-16?. The summed E-state index contributed by atoms with van der Waals surface area (Å²) < 4.78 is 0. The van der Waals surface area contributed by atoms with Gasteiger partial charge in [-0.1, -0.05) is 0 Å². The average Bonchev–Trinajstić information content (AvgIpc) is 3.10. The van der Waals surface area contributed by atoms with Crippen LogP contribution in [0, 0.1) is 5.41 Å². The van der Waals surface area contributed by atoms with E-state index in [-0.39, 0.29) is 11.4 Å². The van der Waals surface area contributed by atoms with E-state index in [9.17, 15) is 9.59 Å². The van der Waals surface area contributed by atoms with Crippen molar-refractivity contribution in [3.63, 3.8) is 0 Å². The van der Waals surface area contributed by atoms with Gasteiger partial charge < -0.3 is 21.8 Å². The van der Waals surface area contributed by atoms with Crippen LogP contribution in [0.2, 0.25) is 0 Å². The molecule has 3 aromatic rings. The maximum atomic E-state index is 12.2. The number of aromatic amines is 1. The predicted octanol–water partition coefficient (Wildman–Crippen LogP) is 1.93. The van der Waals surface area contributed by atoms with Gasteiger partial charge >= 0.3 is 0 Å². The second-order valence-corrected chi connectivity index (χ2v) is 6.28. The molecule has 0 atom stereocenters. The highest BCUT2D eigenvalue weighted by molar-refractivity contribution is 6.47. The third-order valence-corrected chi connectivity index (χ3v) is 4.24. The summed E-state index contributed by atoms with van der Waals surface area (Å²) in [4.78, 5) is 34.9. The maximum absolute atomic E-state index is 12.2. The first-order valence-corrected chi connectivity index (χ1v) is 8.34. The van der Waals surface area contributed by atoms with Crippen molar-refractivity contribution in [3.05, 3.63) is 53.6 Å². The molecule has 0 saturated heterocycles. The molecule has 0 bridgehead atoms. The van der Waals surface area contributed by atoms with Gasteiger partial charge in [0.15, 0.2) is 0 Å². The van der Waals surface area contributed by atoms with Gasteiger partial charge in [-0.2, -0.15) is 0 Å². The summed E-state index contributed by atoms with van der Waals surface area (Å²) in [5.41, 5.74) is 14.2. The average molecular weight is 377 g/mol. The van der Waals surface area contributed by atoms with Gasteiger partial charge in [-0.3, -0.25) is 20.0 Å². The Morgan fingerprint density at radius 1 is 1.14 bits per heavy atom. The van der Waals surface area contributed by atoms with Gasteiger partial charge in [0.2, 0.25) is 0 Å². The first-order chi connectivity index (χ1) is 13.3. The molecule has 3 rings (SSSR count). The van der Waals surface area contributed by atoms with E-state index in [0.717, 1.165) is 16.6 Å². The molecule has 142 valence electrons. The SMILES string of the molecule is C/C(N)=C(\C)C(=N)C(=O)Nc1cnc2[nH]c(-c3ccnc(C(N)=O)c3)cc2c1. The molecule has 0 aliphatic carbocycles. The van der Waals surface area contributed by atoms with Crippen LogP contribution in [0.15, 0.2) is 47.9 Å². The van der Waals surface area contributed by atoms with Crippen LogP contribution in [0.25, 0.3) is 22.3 Å². The monoisotopic (exact) mass is 377 g/mol. The fraction of sp³-hybridized carbons (Fsp3) is 0.105. The zero-order valence-corrected chi connectivity index (χ0v) is 15.3.